The largest absolute Gasteiger partial charge is 1.00 e. The summed E-state index contributed by atoms with van der Waals surface area (Å²) in [6.45, 7) is 4.50. The van der Waals surface area contributed by atoms with Gasteiger partial charge in [-0.3, -0.25) is 0 Å². The second-order valence-corrected chi connectivity index (χ2v) is 4.44. The zero-order valence-corrected chi connectivity index (χ0v) is 10.6. The van der Waals surface area contributed by atoms with Crippen LogP contribution in [0.1, 0.15) is 24.9 Å². The Labute approximate surface area is 111 Å². The minimum atomic E-state index is 0. The van der Waals surface area contributed by atoms with E-state index in [9.17, 15) is 0 Å². The van der Waals surface area contributed by atoms with Crippen LogP contribution in [0.2, 0.25) is 0 Å². The molecule has 0 spiro atoms. The predicted molar refractivity (Wildman–Crippen MR) is 64.1 cm³/mol. The van der Waals surface area contributed by atoms with Crippen LogP contribution in [0.5, 0.6) is 0 Å². The van der Waals surface area contributed by atoms with Gasteiger partial charge in [0.05, 0.1) is 0 Å². The van der Waals surface area contributed by atoms with Gasteiger partial charge < -0.3 is 10.2 Å². The SMILES string of the molecule is C[C@@H]([N-][C@H]1CCN(C)C1)c1ccccc1.[Li+]. The number of likely N-dealkylation sites (tertiary alicyclic amines) is 1. The van der Waals surface area contributed by atoms with Crippen molar-refractivity contribution in [2.24, 2.45) is 0 Å². The van der Waals surface area contributed by atoms with E-state index >= 15 is 0 Å². The van der Waals surface area contributed by atoms with E-state index in [1.165, 1.54) is 18.5 Å². The quantitative estimate of drug-likeness (QED) is 0.633. The zero-order valence-electron chi connectivity index (χ0n) is 10.6. The fourth-order valence-electron chi connectivity index (χ4n) is 2.17. The molecule has 0 amide bonds. The number of nitrogens with zero attached hydrogens (tertiary/aromatic N) is 2. The van der Waals surface area contributed by atoms with E-state index in [0.717, 1.165) is 6.54 Å². The van der Waals surface area contributed by atoms with Crippen LogP contribution in [-0.4, -0.2) is 31.1 Å². The molecule has 1 fully saturated rings. The molecule has 1 aliphatic heterocycles. The molecule has 0 N–H and O–H groups in total. The topological polar surface area (TPSA) is 17.3 Å². The maximum Gasteiger partial charge on any atom is 1.00 e. The van der Waals surface area contributed by atoms with Crippen LogP contribution in [0, 0.1) is 0 Å². The Morgan fingerprint density at radius 3 is 2.56 bits per heavy atom. The van der Waals surface area contributed by atoms with Gasteiger partial charge in [-0.15, -0.1) is 12.1 Å². The number of likely N-dealkylation sites (N-methyl/N-ethyl adjacent to an activating group) is 1. The Morgan fingerprint density at radius 2 is 2.00 bits per heavy atom. The molecule has 1 aliphatic rings. The van der Waals surface area contributed by atoms with Crippen molar-refractivity contribution in [1.29, 1.82) is 0 Å². The summed E-state index contributed by atoms with van der Waals surface area (Å²) in [4.78, 5) is 2.35. The van der Waals surface area contributed by atoms with Crippen LogP contribution < -0.4 is 18.9 Å². The molecule has 2 atom stereocenters. The summed E-state index contributed by atoms with van der Waals surface area (Å²) in [5.74, 6) is 0. The molecule has 0 unspecified atom stereocenters. The van der Waals surface area contributed by atoms with Crippen LogP contribution in [-0.2, 0) is 0 Å². The fourth-order valence-corrected chi connectivity index (χ4v) is 2.17. The molecule has 1 saturated heterocycles. The van der Waals surface area contributed by atoms with Gasteiger partial charge in [-0.25, -0.2) is 0 Å². The van der Waals surface area contributed by atoms with Gasteiger partial charge in [0.25, 0.3) is 0 Å². The van der Waals surface area contributed by atoms with Crippen LogP contribution in [0.15, 0.2) is 30.3 Å². The number of rotatable bonds is 3. The number of hydrogen-bond acceptors (Lipinski definition) is 1. The first kappa shape index (κ1) is 13.8. The van der Waals surface area contributed by atoms with Gasteiger partial charge >= 0.3 is 18.9 Å². The molecular formula is C13H19LiN2. The van der Waals surface area contributed by atoms with Crippen molar-refractivity contribution in [2.75, 3.05) is 20.1 Å². The van der Waals surface area contributed by atoms with E-state index in [-0.39, 0.29) is 18.9 Å². The second-order valence-electron chi connectivity index (χ2n) is 4.44. The first-order chi connectivity index (χ1) is 7.25. The van der Waals surface area contributed by atoms with Crippen molar-refractivity contribution >= 4 is 0 Å². The van der Waals surface area contributed by atoms with Gasteiger partial charge in [0.15, 0.2) is 0 Å². The maximum absolute atomic E-state index is 4.85. The standard InChI is InChI=1S/C13H19N2.Li/c1-11(12-6-4-3-5-7-12)14-13-8-9-15(2)10-13;/h3-7,11,13H,8-10H2,1-2H3;/q-1;+1/t11-,13+;/m1./s1. The van der Waals surface area contributed by atoms with Gasteiger partial charge in [-0.05, 0) is 20.1 Å². The minimum absolute atomic E-state index is 0. The average molecular weight is 210 g/mol. The molecule has 0 aromatic heterocycles. The molecule has 0 bridgehead atoms. The van der Waals surface area contributed by atoms with Crippen molar-refractivity contribution in [3.63, 3.8) is 0 Å². The summed E-state index contributed by atoms with van der Waals surface area (Å²) < 4.78 is 0. The molecule has 1 heterocycles. The van der Waals surface area contributed by atoms with Crippen molar-refractivity contribution in [3.05, 3.63) is 41.2 Å². The Hall–Kier alpha value is -0.263. The fraction of sp³-hybridized carbons (Fsp3) is 0.538. The predicted octanol–water partition coefficient (Wildman–Crippen LogP) is -0.171. The molecule has 82 valence electrons. The van der Waals surface area contributed by atoms with E-state index in [0.29, 0.717) is 12.1 Å². The molecule has 0 saturated carbocycles. The Kier molecular flexibility index (Phi) is 5.58. The molecule has 2 rings (SSSR count). The second kappa shape index (κ2) is 6.47. The summed E-state index contributed by atoms with van der Waals surface area (Å²) in [6.07, 6.45) is 1.22. The van der Waals surface area contributed by atoms with E-state index in [1.54, 1.807) is 0 Å². The van der Waals surface area contributed by atoms with E-state index in [4.69, 9.17) is 5.32 Å². The molecular weight excluding hydrogens is 191 g/mol. The van der Waals surface area contributed by atoms with Crippen molar-refractivity contribution in [1.82, 2.24) is 4.90 Å². The average Bonchev–Trinajstić information content (AvgIpc) is 2.65. The van der Waals surface area contributed by atoms with E-state index in [1.807, 2.05) is 0 Å². The molecule has 0 radical (unpaired) electrons. The third kappa shape index (κ3) is 3.64. The summed E-state index contributed by atoms with van der Waals surface area (Å²) in [5, 5.41) is 4.85. The molecule has 16 heavy (non-hydrogen) atoms. The summed E-state index contributed by atoms with van der Waals surface area (Å²) in [6, 6.07) is 11.4. The normalized spacial score (nSPS) is 22.8. The van der Waals surface area contributed by atoms with Gasteiger partial charge in [-0.2, -0.15) is 0 Å². The third-order valence-electron chi connectivity index (χ3n) is 3.08. The van der Waals surface area contributed by atoms with E-state index < -0.39 is 0 Å². The maximum atomic E-state index is 4.85. The summed E-state index contributed by atoms with van der Waals surface area (Å²) in [7, 11) is 2.17. The minimum Gasteiger partial charge on any atom is -0.652 e. The summed E-state index contributed by atoms with van der Waals surface area (Å²) in [5.41, 5.74) is 1.33. The molecule has 2 nitrogen and oxygen atoms in total. The van der Waals surface area contributed by atoms with Crippen LogP contribution in [0.25, 0.3) is 5.32 Å². The van der Waals surface area contributed by atoms with Gasteiger partial charge in [0.1, 0.15) is 0 Å². The smallest absolute Gasteiger partial charge is 0.652 e. The zero-order chi connectivity index (χ0) is 10.7. The monoisotopic (exact) mass is 210 g/mol. The van der Waals surface area contributed by atoms with Crippen LogP contribution >= 0.6 is 0 Å². The van der Waals surface area contributed by atoms with E-state index in [2.05, 4.69) is 49.2 Å². The Balaban J connectivity index is 0.00000128. The first-order valence-electron chi connectivity index (χ1n) is 5.69. The number of hydrogen-bond donors (Lipinski definition) is 0. The molecule has 0 aliphatic carbocycles. The van der Waals surface area contributed by atoms with Crippen molar-refractivity contribution in [3.8, 4) is 0 Å². The third-order valence-corrected chi connectivity index (χ3v) is 3.08. The summed E-state index contributed by atoms with van der Waals surface area (Å²) >= 11 is 0. The van der Waals surface area contributed by atoms with Gasteiger partial charge in [0.2, 0.25) is 0 Å². The Morgan fingerprint density at radius 1 is 1.31 bits per heavy atom. The first-order valence-corrected chi connectivity index (χ1v) is 5.69. The molecule has 1 aromatic rings. The van der Waals surface area contributed by atoms with Gasteiger partial charge in [-0.1, -0.05) is 49.2 Å². The van der Waals surface area contributed by atoms with Crippen molar-refractivity contribution < 1.29 is 18.9 Å². The van der Waals surface area contributed by atoms with Gasteiger partial charge in [0, 0.05) is 0 Å². The number of benzene rings is 1. The molecule has 3 heteroatoms. The Bertz CT molecular complexity index is 302. The van der Waals surface area contributed by atoms with Crippen molar-refractivity contribution in [2.45, 2.75) is 25.4 Å². The van der Waals surface area contributed by atoms with Crippen LogP contribution in [0.4, 0.5) is 0 Å². The molecule has 1 aromatic carbocycles. The van der Waals surface area contributed by atoms with Crippen LogP contribution in [0.3, 0.4) is 0 Å².